The van der Waals surface area contributed by atoms with Crippen molar-refractivity contribution in [3.63, 3.8) is 0 Å². The lowest BCUT2D eigenvalue weighted by Crippen LogP contribution is -2.41. The van der Waals surface area contributed by atoms with Gasteiger partial charge in [-0.1, -0.05) is 68.8 Å². The Morgan fingerprint density at radius 3 is 2.10 bits per heavy atom. The molecule has 1 N–H and O–H groups in total. The van der Waals surface area contributed by atoms with Crippen LogP contribution in [0.25, 0.3) is 11.1 Å². The molecule has 1 atom stereocenters. The van der Waals surface area contributed by atoms with Crippen LogP contribution in [0.4, 0.5) is 0 Å². The molecule has 1 saturated carbocycles. The summed E-state index contributed by atoms with van der Waals surface area (Å²) in [5.74, 6) is 0. The maximum Gasteiger partial charge on any atom is 0.124 e. The highest BCUT2D eigenvalue weighted by Crippen LogP contribution is 2.49. The van der Waals surface area contributed by atoms with Gasteiger partial charge < -0.3 is 5.11 Å². The lowest BCUT2D eigenvalue weighted by Gasteiger charge is -2.41. The molecule has 1 aliphatic rings. The second-order valence-electron chi connectivity index (χ2n) is 9.05. The number of aromatic nitrogens is 2. The van der Waals surface area contributed by atoms with E-state index in [1.165, 1.54) is 6.33 Å². The highest BCUT2D eigenvalue weighted by molar-refractivity contribution is 6.31. The van der Waals surface area contributed by atoms with Crippen molar-refractivity contribution in [3.8, 4) is 17.2 Å². The molecule has 0 saturated heterocycles. The van der Waals surface area contributed by atoms with Crippen molar-refractivity contribution < 1.29 is 5.11 Å². The molecule has 30 heavy (non-hydrogen) atoms. The number of rotatable bonds is 4. The lowest BCUT2D eigenvalue weighted by atomic mass is 9.69. The van der Waals surface area contributed by atoms with Gasteiger partial charge in [0.05, 0.1) is 11.5 Å². The monoisotopic (exact) mass is 417 g/mol. The zero-order valence-corrected chi connectivity index (χ0v) is 18.1. The van der Waals surface area contributed by atoms with Gasteiger partial charge in [0.1, 0.15) is 11.9 Å². The molecular formula is C25H24ClN3O. The van der Waals surface area contributed by atoms with E-state index in [-0.39, 0.29) is 5.41 Å². The number of nitriles is 1. The Morgan fingerprint density at radius 2 is 1.60 bits per heavy atom. The Kier molecular flexibility index (Phi) is 4.92. The average molecular weight is 418 g/mol. The molecule has 0 bridgehead atoms. The van der Waals surface area contributed by atoms with E-state index in [9.17, 15) is 10.4 Å². The molecule has 152 valence electrons. The Morgan fingerprint density at radius 1 is 1.00 bits per heavy atom. The van der Waals surface area contributed by atoms with Gasteiger partial charge in [0.15, 0.2) is 0 Å². The predicted octanol–water partition coefficient (Wildman–Crippen LogP) is 5.63. The third kappa shape index (κ3) is 3.29. The number of hydrogen-bond donors (Lipinski definition) is 1. The normalized spacial score (nSPS) is 17.1. The fourth-order valence-corrected chi connectivity index (χ4v) is 4.36. The first-order valence-electron chi connectivity index (χ1n) is 10.0. The first kappa shape index (κ1) is 20.5. The summed E-state index contributed by atoms with van der Waals surface area (Å²) >= 11 is 6.71. The third-order valence-electron chi connectivity index (χ3n) is 6.16. The van der Waals surface area contributed by atoms with Crippen LogP contribution in [0.15, 0.2) is 61.2 Å². The van der Waals surface area contributed by atoms with Gasteiger partial charge in [0, 0.05) is 28.5 Å². The van der Waals surface area contributed by atoms with Crippen molar-refractivity contribution in [2.75, 3.05) is 0 Å². The lowest BCUT2D eigenvalue weighted by molar-refractivity contribution is -0.0264. The third-order valence-corrected chi connectivity index (χ3v) is 6.47. The van der Waals surface area contributed by atoms with Crippen LogP contribution in [0.1, 0.15) is 50.3 Å². The van der Waals surface area contributed by atoms with E-state index in [0.717, 1.165) is 29.5 Å². The van der Waals surface area contributed by atoms with Crippen LogP contribution in [0.5, 0.6) is 0 Å². The zero-order chi connectivity index (χ0) is 21.6. The minimum absolute atomic E-state index is 0.291. The Bertz CT molecular complexity index is 1110. The fourth-order valence-electron chi connectivity index (χ4n) is 4.04. The van der Waals surface area contributed by atoms with E-state index >= 15 is 0 Å². The number of hydrogen-bond acceptors (Lipinski definition) is 4. The largest absolute Gasteiger partial charge is 0.380 e. The Labute approximate surface area is 182 Å². The maximum absolute atomic E-state index is 11.8. The van der Waals surface area contributed by atoms with Crippen LogP contribution >= 0.6 is 11.6 Å². The van der Waals surface area contributed by atoms with Crippen LogP contribution in [0.3, 0.4) is 0 Å². The van der Waals surface area contributed by atoms with Gasteiger partial charge in [-0.05, 0) is 41.0 Å². The Hall–Kier alpha value is -2.74. The van der Waals surface area contributed by atoms with Crippen molar-refractivity contribution in [3.05, 3.63) is 82.9 Å². The summed E-state index contributed by atoms with van der Waals surface area (Å²) in [4.78, 5) is 8.18. The molecule has 4 nitrogen and oxygen atoms in total. The van der Waals surface area contributed by atoms with E-state index in [4.69, 9.17) is 11.6 Å². The minimum atomic E-state index is -1.35. The first-order valence-corrected chi connectivity index (χ1v) is 10.4. The topological polar surface area (TPSA) is 69.8 Å². The smallest absolute Gasteiger partial charge is 0.124 e. The van der Waals surface area contributed by atoms with Crippen molar-refractivity contribution in [1.82, 2.24) is 9.97 Å². The van der Waals surface area contributed by atoms with Crippen LogP contribution < -0.4 is 0 Å². The first-order chi connectivity index (χ1) is 14.2. The number of halogens is 1. The van der Waals surface area contributed by atoms with Gasteiger partial charge >= 0.3 is 0 Å². The summed E-state index contributed by atoms with van der Waals surface area (Å²) in [7, 11) is 0. The SMILES string of the molecule is CC(C)(C)C(O)(c1cncnc1)c1ccc(-c2ccc(C3(C#N)CC3)cc2)cc1Cl. The molecule has 1 fully saturated rings. The zero-order valence-electron chi connectivity index (χ0n) is 17.4. The fraction of sp³-hybridized carbons (Fsp3) is 0.320. The molecule has 0 aliphatic heterocycles. The molecular weight excluding hydrogens is 394 g/mol. The molecule has 1 heterocycles. The van der Waals surface area contributed by atoms with Crippen molar-refractivity contribution in [2.45, 2.75) is 44.6 Å². The molecule has 1 aromatic heterocycles. The molecule has 4 rings (SSSR count). The van der Waals surface area contributed by atoms with E-state index in [2.05, 4.69) is 16.0 Å². The van der Waals surface area contributed by atoms with Crippen molar-refractivity contribution in [2.24, 2.45) is 5.41 Å². The summed E-state index contributed by atoms with van der Waals surface area (Å²) in [6.45, 7) is 5.89. The van der Waals surface area contributed by atoms with E-state index in [1.54, 1.807) is 12.4 Å². The molecule has 0 spiro atoms. The van der Waals surface area contributed by atoms with Crippen molar-refractivity contribution in [1.29, 1.82) is 5.26 Å². The van der Waals surface area contributed by atoms with Gasteiger partial charge in [-0.3, -0.25) is 0 Å². The van der Waals surface area contributed by atoms with Crippen LogP contribution in [0.2, 0.25) is 5.02 Å². The number of nitrogens with zero attached hydrogens (tertiary/aromatic N) is 3. The summed E-state index contributed by atoms with van der Waals surface area (Å²) in [5.41, 5.74) is 2.08. The second kappa shape index (κ2) is 7.19. The summed E-state index contributed by atoms with van der Waals surface area (Å²) in [6, 6.07) is 16.3. The van der Waals surface area contributed by atoms with E-state index in [1.807, 2.05) is 63.2 Å². The highest BCUT2D eigenvalue weighted by Gasteiger charge is 2.46. The van der Waals surface area contributed by atoms with Gasteiger partial charge in [-0.25, -0.2) is 9.97 Å². The van der Waals surface area contributed by atoms with Crippen molar-refractivity contribution >= 4 is 11.6 Å². The van der Waals surface area contributed by atoms with Gasteiger partial charge in [0.2, 0.25) is 0 Å². The predicted molar refractivity (Wildman–Crippen MR) is 118 cm³/mol. The molecule has 1 unspecified atom stereocenters. The second-order valence-corrected chi connectivity index (χ2v) is 9.46. The highest BCUT2D eigenvalue weighted by atomic mass is 35.5. The van der Waals surface area contributed by atoms with Crippen LogP contribution in [0, 0.1) is 16.7 Å². The molecule has 0 radical (unpaired) electrons. The molecule has 5 heteroatoms. The maximum atomic E-state index is 11.8. The Balaban J connectivity index is 1.73. The standard InChI is InChI=1S/C25H24ClN3O/c1-23(2,3)25(30,20-13-28-16-29-14-20)21-9-6-18(12-22(21)26)17-4-7-19(8-5-17)24(15-27)10-11-24/h4-9,12-14,16,30H,10-11H2,1-3H3. The molecule has 0 amide bonds. The van der Waals surface area contributed by atoms with Gasteiger partial charge in [0.25, 0.3) is 0 Å². The molecule has 2 aromatic carbocycles. The van der Waals surface area contributed by atoms with Crippen LogP contribution in [-0.4, -0.2) is 15.1 Å². The van der Waals surface area contributed by atoms with Crippen LogP contribution in [-0.2, 0) is 11.0 Å². The average Bonchev–Trinajstić information content (AvgIpc) is 3.54. The molecule has 3 aromatic rings. The number of benzene rings is 2. The summed E-state index contributed by atoms with van der Waals surface area (Å²) in [5, 5.41) is 21.7. The molecule has 1 aliphatic carbocycles. The van der Waals surface area contributed by atoms with E-state index in [0.29, 0.717) is 16.1 Å². The summed E-state index contributed by atoms with van der Waals surface area (Å²) in [6.07, 6.45) is 6.56. The van der Waals surface area contributed by atoms with E-state index < -0.39 is 11.0 Å². The van der Waals surface area contributed by atoms with Gasteiger partial charge in [-0.15, -0.1) is 0 Å². The summed E-state index contributed by atoms with van der Waals surface area (Å²) < 4.78 is 0. The minimum Gasteiger partial charge on any atom is -0.380 e. The van der Waals surface area contributed by atoms with Gasteiger partial charge in [-0.2, -0.15) is 5.26 Å². The number of aliphatic hydroxyl groups is 1. The quantitative estimate of drug-likeness (QED) is 0.596.